The number of nitrogen functional groups attached to an aromatic ring is 1. The largest absolute Gasteiger partial charge is 0.399 e. The van der Waals surface area contributed by atoms with Crippen LogP contribution in [-0.4, -0.2) is 0 Å². The fraction of sp³-hybridized carbons (Fsp3) is 0.625. The highest BCUT2D eigenvalue weighted by Crippen LogP contribution is 2.45. The van der Waals surface area contributed by atoms with E-state index in [0.29, 0.717) is 0 Å². The van der Waals surface area contributed by atoms with E-state index in [9.17, 15) is 0 Å². The van der Waals surface area contributed by atoms with Crippen LogP contribution in [-0.2, 0) is 0 Å². The molecule has 2 N–H and O–H groups in total. The molecule has 3 rings (SSSR count). The molecule has 2 saturated carbocycles. The Morgan fingerprint density at radius 2 is 1.53 bits per heavy atom. The highest BCUT2D eigenvalue weighted by molar-refractivity contribution is 5.40. The molecule has 92 valence electrons. The van der Waals surface area contributed by atoms with Gasteiger partial charge in [0.25, 0.3) is 0 Å². The Labute approximate surface area is 104 Å². The van der Waals surface area contributed by atoms with Crippen LogP contribution in [0.25, 0.3) is 0 Å². The molecule has 3 atom stereocenters. The lowest BCUT2D eigenvalue weighted by molar-refractivity contribution is 0.155. The van der Waals surface area contributed by atoms with Gasteiger partial charge in [0.15, 0.2) is 0 Å². The van der Waals surface area contributed by atoms with E-state index in [-0.39, 0.29) is 0 Å². The third-order valence-electron chi connectivity index (χ3n) is 4.95. The van der Waals surface area contributed by atoms with Crippen molar-refractivity contribution in [3.63, 3.8) is 0 Å². The summed E-state index contributed by atoms with van der Waals surface area (Å²) >= 11 is 0. The van der Waals surface area contributed by atoms with Gasteiger partial charge in [-0.2, -0.15) is 0 Å². The van der Waals surface area contributed by atoms with Crippen molar-refractivity contribution in [3.05, 3.63) is 29.8 Å². The van der Waals surface area contributed by atoms with E-state index >= 15 is 0 Å². The van der Waals surface area contributed by atoms with Gasteiger partial charge >= 0.3 is 0 Å². The summed E-state index contributed by atoms with van der Waals surface area (Å²) in [5, 5.41) is 0. The minimum absolute atomic E-state index is 0.801. The minimum atomic E-state index is 0.801. The Kier molecular flexibility index (Phi) is 3.09. The van der Waals surface area contributed by atoms with Gasteiger partial charge in [-0.3, -0.25) is 0 Å². The molecule has 0 bridgehead atoms. The van der Waals surface area contributed by atoms with Gasteiger partial charge in [-0.25, -0.2) is 0 Å². The molecule has 1 nitrogen and oxygen atoms in total. The van der Waals surface area contributed by atoms with Crippen LogP contribution in [0.4, 0.5) is 5.69 Å². The standard InChI is InChI=1S/C16H23N/c17-16-9-7-13(8-10-16)15-6-5-12-3-1-2-4-14(12)11-15/h7-10,12,14-15H,1-6,11,17H2. The van der Waals surface area contributed by atoms with Crippen molar-refractivity contribution in [3.8, 4) is 0 Å². The molecule has 0 aromatic heterocycles. The topological polar surface area (TPSA) is 26.0 Å². The summed E-state index contributed by atoms with van der Waals surface area (Å²) in [6, 6.07) is 8.59. The molecule has 2 aliphatic carbocycles. The predicted molar refractivity (Wildman–Crippen MR) is 72.9 cm³/mol. The zero-order chi connectivity index (χ0) is 11.7. The van der Waals surface area contributed by atoms with Crippen LogP contribution in [0.2, 0.25) is 0 Å². The zero-order valence-electron chi connectivity index (χ0n) is 10.6. The first-order valence-corrected chi connectivity index (χ1v) is 7.18. The molecule has 0 radical (unpaired) electrons. The smallest absolute Gasteiger partial charge is 0.0314 e. The molecular formula is C16H23N. The molecule has 0 spiro atoms. The van der Waals surface area contributed by atoms with Crippen LogP contribution >= 0.6 is 0 Å². The zero-order valence-corrected chi connectivity index (χ0v) is 10.6. The number of fused-ring (bicyclic) bond motifs is 1. The van der Waals surface area contributed by atoms with Crippen molar-refractivity contribution in [2.45, 2.75) is 50.9 Å². The van der Waals surface area contributed by atoms with E-state index in [2.05, 4.69) is 24.3 Å². The fourth-order valence-corrected chi connectivity index (χ4v) is 3.94. The van der Waals surface area contributed by atoms with Crippen LogP contribution < -0.4 is 5.73 Å². The second-order valence-electron chi connectivity index (χ2n) is 5.98. The quantitative estimate of drug-likeness (QED) is 0.712. The summed E-state index contributed by atoms with van der Waals surface area (Å²) in [5.41, 5.74) is 8.17. The molecule has 1 heteroatoms. The number of rotatable bonds is 1. The molecule has 0 amide bonds. The molecule has 3 unspecified atom stereocenters. The predicted octanol–water partition coefficient (Wildman–Crippen LogP) is 4.34. The molecule has 17 heavy (non-hydrogen) atoms. The van der Waals surface area contributed by atoms with Gasteiger partial charge < -0.3 is 5.73 Å². The summed E-state index contributed by atoms with van der Waals surface area (Å²) < 4.78 is 0. The number of anilines is 1. The lowest BCUT2D eigenvalue weighted by atomic mass is 9.66. The monoisotopic (exact) mass is 229 g/mol. The van der Waals surface area contributed by atoms with E-state index in [0.717, 1.165) is 23.4 Å². The molecule has 2 aliphatic rings. The maximum absolute atomic E-state index is 5.76. The van der Waals surface area contributed by atoms with Gasteiger partial charge in [0, 0.05) is 5.69 Å². The van der Waals surface area contributed by atoms with E-state index in [1.807, 2.05) is 0 Å². The number of benzene rings is 1. The first kappa shape index (κ1) is 11.1. The van der Waals surface area contributed by atoms with Crippen molar-refractivity contribution in [1.29, 1.82) is 0 Å². The van der Waals surface area contributed by atoms with Gasteiger partial charge in [-0.1, -0.05) is 37.8 Å². The van der Waals surface area contributed by atoms with Crippen molar-refractivity contribution < 1.29 is 0 Å². The lowest BCUT2D eigenvalue weighted by Gasteiger charge is -2.39. The van der Waals surface area contributed by atoms with E-state index in [1.165, 1.54) is 50.5 Å². The van der Waals surface area contributed by atoms with Crippen LogP contribution in [0.5, 0.6) is 0 Å². The van der Waals surface area contributed by atoms with Gasteiger partial charge in [0.05, 0.1) is 0 Å². The number of hydrogen-bond acceptors (Lipinski definition) is 1. The molecule has 0 saturated heterocycles. The normalized spacial score (nSPS) is 33.1. The van der Waals surface area contributed by atoms with Gasteiger partial charge in [-0.05, 0) is 54.7 Å². The average molecular weight is 229 g/mol. The third kappa shape index (κ3) is 2.34. The maximum Gasteiger partial charge on any atom is 0.0314 e. The van der Waals surface area contributed by atoms with Gasteiger partial charge in [-0.15, -0.1) is 0 Å². The van der Waals surface area contributed by atoms with Gasteiger partial charge in [0.1, 0.15) is 0 Å². The second kappa shape index (κ2) is 4.72. The Hall–Kier alpha value is -0.980. The fourth-order valence-electron chi connectivity index (χ4n) is 3.94. The van der Waals surface area contributed by atoms with Crippen LogP contribution in [0.1, 0.15) is 56.4 Å². The van der Waals surface area contributed by atoms with Crippen molar-refractivity contribution in [2.24, 2.45) is 11.8 Å². The maximum atomic E-state index is 5.76. The molecule has 0 heterocycles. The van der Waals surface area contributed by atoms with E-state index in [1.54, 1.807) is 0 Å². The Bertz CT molecular complexity index is 368. The summed E-state index contributed by atoms with van der Waals surface area (Å²) in [6.07, 6.45) is 10.2. The molecule has 1 aromatic rings. The minimum Gasteiger partial charge on any atom is -0.399 e. The third-order valence-corrected chi connectivity index (χ3v) is 4.95. The molecular weight excluding hydrogens is 206 g/mol. The Balaban J connectivity index is 1.71. The number of nitrogens with two attached hydrogens (primary N) is 1. The van der Waals surface area contributed by atoms with E-state index in [4.69, 9.17) is 5.73 Å². The van der Waals surface area contributed by atoms with Crippen molar-refractivity contribution in [2.75, 3.05) is 5.73 Å². The SMILES string of the molecule is Nc1ccc(C2CCC3CCCCC3C2)cc1. The molecule has 1 aromatic carbocycles. The van der Waals surface area contributed by atoms with Crippen LogP contribution in [0, 0.1) is 11.8 Å². The van der Waals surface area contributed by atoms with E-state index < -0.39 is 0 Å². The van der Waals surface area contributed by atoms with Crippen molar-refractivity contribution >= 4 is 5.69 Å². The summed E-state index contributed by atoms with van der Waals surface area (Å²) in [4.78, 5) is 0. The Morgan fingerprint density at radius 1 is 0.824 bits per heavy atom. The highest BCUT2D eigenvalue weighted by Gasteiger charge is 2.32. The number of hydrogen-bond donors (Lipinski definition) is 1. The first-order valence-electron chi connectivity index (χ1n) is 7.18. The second-order valence-corrected chi connectivity index (χ2v) is 5.98. The Morgan fingerprint density at radius 3 is 2.29 bits per heavy atom. The summed E-state index contributed by atoms with van der Waals surface area (Å²) in [7, 11) is 0. The van der Waals surface area contributed by atoms with Crippen molar-refractivity contribution in [1.82, 2.24) is 0 Å². The summed E-state index contributed by atoms with van der Waals surface area (Å²) in [5.74, 6) is 2.86. The van der Waals surface area contributed by atoms with Gasteiger partial charge in [0.2, 0.25) is 0 Å². The average Bonchev–Trinajstić information content (AvgIpc) is 2.39. The van der Waals surface area contributed by atoms with Crippen LogP contribution in [0.3, 0.4) is 0 Å². The summed E-state index contributed by atoms with van der Waals surface area (Å²) in [6.45, 7) is 0. The highest BCUT2D eigenvalue weighted by atomic mass is 14.5. The molecule has 0 aliphatic heterocycles. The first-order chi connectivity index (χ1) is 8.33. The lowest BCUT2D eigenvalue weighted by Crippen LogP contribution is -2.26. The molecule has 2 fully saturated rings. The van der Waals surface area contributed by atoms with Crippen LogP contribution in [0.15, 0.2) is 24.3 Å².